The molecule has 0 saturated carbocycles. The Bertz CT molecular complexity index is 1280. The number of hydrogen-bond donors (Lipinski definition) is 0. The topological polar surface area (TPSA) is 73.8 Å². The average molecular weight is 521 g/mol. The molecule has 1 aliphatic heterocycles. The molecule has 0 fully saturated rings. The van der Waals surface area contributed by atoms with Crippen molar-refractivity contribution in [1.29, 1.82) is 0 Å². The van der Waals surface area contributed by atoms with Crippen LogP contribution in [-0.2, 0) is 34.3 Å². The Labute approximate surface area is 220 Å². The fourth-order valence-corrected chi connectivity index (χ4v) is 6.28. The molecular weight excluding hydrogens is 484 g/mol. The number of pyridine rings is 1. The zero-order chi connectivity index (χ0) is 26.3. The highest BCUT2D eigenvalue weighted by Gasteiger charge is 2.27. The molecule has 196 valence electrons. The highest BCUT2D eigenvalue weighted by Crippen LogP contribution is 2.25. The summed E-state index contributed by atoms with van der Waals surface area (Å²) in [5.41, 5.74) is 3.97. The van der Waals surface area contributed by atoms with E-state index in [4.69, 9.17) is 0 Å². The maximum Gasteiger partial charge on any atom is 0.243 e. The standard InChI is InChI=1S/C29H36N4O3S/c1-3-9-25-13-15-28(16-14-25)37(35,36)32-18-8-19-33(24(2)34)29-12-5-4-10-26(29)22-31(20-21-32)23-27-11-6-7-17-30-27/h4-7,10-17H,3,8-9,18-23H2,1-2H3. The largest absolute Gasteiger partial charge is 0.312 e. The van der Waals surface area contributed by atoms with Crippen LogP contribution in [0.4, 0.5) is 5.69 Å². The molecule has 0 N–H and O–H groups in total. The highest BCUT2D eigenvalue weighted by atomic mass is 32.2. The van der Waals surface area contributed by atoms with Gasteiger partial charge in [-0.2, -0.15) is 4.31 Å². The number of sulfonamides is 1. The normalized spacial score (nSPS) is 16.1. The lowest BCUT2D eigenvalue weighted by atomic mass is 10.1. The third kappa shape index (κ3) is 6.83. The summed E-state index contributed by atoms with van der Waals surface area (Å²) in [4.78, 5) is 21.4. The Morgan fingerprint density at radius 2 is 1.68 bits per heavy atom. The predicted octanol–water partition coefficient (Wildman–Crippen LogP) is 4.48. The van der Waals surface area contributed by atoms with Crippen molar-refractivity contribution in [3.05, 3.63) is 89.7 Å². The van der Waals surface area contributed by atoms with E-state index in [0.717, 1.165) is 35.3 Å². The number of amides is 1. The smallest absolute Gasteiger partial charge is 0.243 e. The molecule has 2 heterocycles. The monoisotopic (exact) mass is 520 g/mol. The molecule has 0 spiro atoms. The van der Waals surface area contributed by atoms with Crippen molar-refractivity contribution >= 4 is 21.6 Å². The number of benzene rings is 2. The Hall–Kier alpha value is -3.07. The molecule has 0 radical (unpaired) electrons. The number of para-hydroxylation sites is 1. The van der Waals surface area contributed by atoms with Gasteiger partial charge in [0.05, 0.1) is 10.6 Å². The first-order valence-corrected chi connectivity index (χ1v) is 14.4. The lowest BCUT2D eigenvalue weighted by Crippen LogP contribution is -2.39. The summed E-state index contributed by atoms with van der Waals surface area (Å²) in [6, 6.07) is 21.0. The van der Waals surface area contributed by atoms with Gasteiger partial charge in [0.15, 0.2) is 0 Å². The summed E-state index contributed by atoms with van der Waals surface area (Å²) >= 11 is 0. The number of fused-ring (bicyclic) bond motifs is 1. The lowest BCUT2D eigenvalue weighted by molar-refractivity contribution is -0.116. The molecule has 1 aliphatic rings. The first-order chi connectivity index (χ1) is 17.9. The number of aryl methyl sites for hydroxylation is 1. The molecule has 0 saturated heterocycles. The Balaban J connectivity index is 1.66. The van der Waals surface area contributed by atoms with Gasteiger partial charge in [0.1, 0.15) is 0 Å². The molecule has 7 nitrogen and oxygen atoms in total. The van der Waals surface area contributed by atoms with Crippen LogP contribution in [0.5, 0.6) is 0 Å². The van der Waals surface area contributed by atoms with E-state index < -0.39 is 10.0 Å². The third-order valence-electron chi connectivity index (χ3n) is 6.72. The lowest BCUT2D eigenvalue weighted by Gasteiger charge is -2.27. The maximum atomic E-state index is 13.7. The van der Waals surface area contributed by atoms with Gasteiger partial charge in [-0.05, 0) is 54.3 Å². The van der Waals surface area contributed by atoms with E-state index in [2.05, 4.69) is 16.8 Å². The van der Waals surface area contributed by atoms with Gasteiger partial charge in [0, 0.05) is 58.1 Å². The van der Waals surface area contributed by atoms with Crippen molar-refractivity contribution in [2.45, 2.75) is 51.1 Å². The van der Waals surface area contributed by atoms with E-state index in [-0.39, 0.29) is 5.91 Å². The molecule has 1 aromatic heterocycles. The van der Waals surface area contributed by atoms with E-state index >= 15 is 0 Å². The number of hydrogen-bond acceptors (Lipinski definition) is 5. The van der Waals surface area contributed by atoms with Crippen molar-refractivity contribution in [3.8, 4) is 0 Å². The second kappa shape index (κ2) is 12.4. The summed E-state index contributed by atoms with van der Waals surface area (Å²) in [6.07, 6.45) is 4.25. The first kappa shape index (κ1) is 27.0. The number of carbonyl (C=O) groups is 1. The van der Waals surface area contributed by atoms with E-state index in [9.17, 15) is 13.2 Å². The van der Waals surface area contributed by atoms with Crippen molar-refractivity contribution in [1.82, 2.24) is 14.2 Å². The molecule has 2 aromatic carbocycles. The van der Waals surface area contributed by atoms with E-state index in [1.165, 1.54) is 0 Å². The zero-order valence-corrected chi connectivity index (χ0v) is 22.5. The van der Waals surface area contributed by atoms with Gasteiger partial charge in [-0.3, -0.25) is 14.7 Å². The van der Waals surface area contributed by atoms with Gasteiger partial charge < -0.3 is 4.90 Å². The molecule has 0 unspecified atom stereocenters. The number of rotatable bonds is 6. The van der Waals surface area contributed by atoms with E-state index in [1.54, 1.807) is 34.5 Å². The van der Waals surface area contributed by atoms with Gasteiger partial charge in [-0.25, -0.2) is 8.42 Å². The van der Waals surface area contributed by atoms with Crippen LogP contribution < -0.4 is 4.90 Å². The zero-order valence-electron chi connectivity index (χ0n) is 21.7. The van der Waals surface area contributed by atoms with Gasteiger partial charge in [0.25, 0.3) is 0 Å². The fraction of sp³-hybridized carbons (Fsp3) is 0.379. The number of nitrogens with zero attached hydrogens (tertiary/aromatic N) is 4. The van der Waals surface area contributed by atoms with E-state index in [1.807, 2.05) is 54.6 Å². The third-order valence-corrected chi connectivity index (χ3v) is 8.64. The molecule has 37 heavy (non-hydrogen) atoms. The molecule has 0 aliphatic carbocycles. The fourth-order valence-electron chi connectivity index (χ4n) is 4.81. The van der Waals surface area contributed by atoms with Crippen LogP contribution in [0.2, 0.25) is 0 Å². The minimum atomic E-state index is -3.69. The molecule has 3 aromatic rings. The first-order valence-electron chi connectivity index (χ1n) is 13.0. The molecule has 0 atom stereocenters. The van der Waals surface area contributed by atoms with Crippen molar-refractivity contribution in [2.24, 2.45) is 0 Å². The Kier molecular flexibility index (Phi) is 9.08. The van der Waals surface area contributed by atoms with Crippen molar-refractivity contribution in [2.75, 3.05) is 31.1 Å². The van der Waals surface area contributed by atoms with E-state index in [0.29, 0.717) is 50.6 Å². The molecular formula is C29H36N4O3S. The molecule has 4 rings (SSSR count). The van der Waals surface area contributed by atoms with Crippen molar-refractivity contribution in [3.63, 3.8) is 0 Å². The second-order valence-corrected chi connectivity index (χ2v) is 11.4. The van der Waals surface area contributed by atoms with Crippen LogP contribution >= 0.6 is 0 Å². The SMILES string of the molecule is CCCc1ccc(S(=O)(=O)N2CCCN(C(C)=O)c3ccccc3CN(Cc3ccccn3)CC2)cc1. The van der Waals surface area contributed by atoms with Gasteiger partial charge in [0.2, 0.25) is 15.9 Å². The van der Waals surface area contributed by atoms with Gasteiger partial charge in [-0.1, -0.05) is 49.7 Å². The number of anilines is 1. The molecule has 1 amide bonds. The Morgan fingerprint density at radius 3 is 2.38 bits per heavy atom. The summed E-state index contributed by atoms with van der Waals surface area (Å²) in [5, 5.41) is 0. The van der Waals surface area contributed by atoms with Crippen LogP contribution in [-0.4, -0.2) is 54.7 Å². The highest BCUT2D eigenvalue weighted by molar-refractivity contribution is 7.89. The average Bonchev–Trinajstić information content (AvgIpc) is 2.92. The van der Waals surface area contributed by atoms with Crippen LogP contribution in [0.1, 0.15) is 43.5 Å². The van der Waals surface area contributed by atoms with Gasteiger partial charge in [-0.15, -0.1) is 0 Å². The molecule has 0 bridgehead atoms. The van der Waals surface area contributed by atoms with Crippen LogP contribution in [0.15, 0.2) is 77.8 Å². The summed E-state index contributed by atoms with van der Waals surface area (Å²) in [7, 11) is -3.69. The Morgan fingerprint density at radius 1 is 0.919 bits per heavy atom. The maximum absolute atomic E-state index is 13.7. The van der Waals surface area contributed by atoms with Crippen molar-refractivity contribution < 1.29 is 13.2 Å². The van der Waals surface area contributed by atoms with Crippen LogP contribution in [0.25, 0.3) is 0 Å². The number of aromatic nitrogens is 1. The minimum absolute atomic E-state index is 0.0520. The quantitative estimate of drug-likeness (QED) is 0.479. The van der Waals surface area contributed by atoms with Crippen LogP contribution in [0.3, 0.4) is 0 Å². The van der Waals surface area contributed by atoms with Gasteiger partial charge >= 0.3 is 0 Å². The summed E-state index contributed by atoms with van der Waals surface area (Å²) in [5.74, 6) is -0.0520. The summed E-state index contributed by atoms with van der Waals surface area (Å²) < 4.78 is 29.0. The molecule has 8 heteroatoms. The number of carbonyl (C=O) groups excluding carboxylic acids is 1. The predicted molar refractivity (Wildman–Crippen MR) is 147 cm³/mol. The van der Waals surface area contributed by atoms with Crippen LogP contribution in [0, 0.1) is 0 Å². The minimum Gasteiger partial charge on any atom is -0.312 e. The second-order valence-electron chi connectivity index (χ2n) is 9.48. The summed E-state index contributed by atoms with van der Waals surface area (Å²) in [6.45, 7) is 6.51.